The second-order valence-electron chi connectivity index (χ2n) is 5.51. The van der Waals surface area contributed by atoms with Gasteiger partial charge in [-0.25, -0.2) is 0 Å². The van der Waals surface area contributed by atoms with E-state index in [9.17, 15) is 9.90 Å². The average molecular weight is 402 g/mol. The Bertz CT molecular complexity index is 760. The van der Waals surface area contributed by atoms with Gasteiger partial charge >= 0.3 is 17.1 Å². The first-order chi connectivity index (χ1) is 12.7. The third kappa shape index (κ3) is 5.40. The van der Waals surface area contributed by atoms with Crippen LogP contribution in [0.25, 0.3) is 11.0 Å². The minimum Gasteiger partial charge on any atom is -0.507 e. The van der Waals surface area contributed by atoms with Crippen molar-refractivity contribution in [3.63, 3.8) is 0 Å². The van der Waals surface area contributed by atoms with Crippen molar-refractivity contribution in [2.24, 2.45) is 0 Å². The number of phenols is 1. The Hall–Kier alpha value is -1.71. The monoisotopic (exact) mass is 402 g/mol. The number of fused-ring (bicyclic) bond motifs is 1. The van der Waals surface area contributed by atoms with Crippen LogP contribution in [0.3, 0.4) is 0 Å². The number of ketones is 1. The first-order valence-electron chi connectivity index (χ1n) is 8.08. The maximum Gasteiger partial charge on any atom is 2.00 e. The standard InChI is InChI=1S/C17H13O4.C5H5.Fe/c1-20-17-12-8-9-21-15(12)10-14(19)16(17)13(18)7-6-11-4-2-3-5-11;1-2-4-5-3-1;/h2-10,19H,1H3;1-5H;/q;;+2/b7-6+;;. The van der Waals surface area contributed by atoms with Crippen LogP contribution in [0, 0.1) is 63.7 Å². The van der Waals surface area contributed by atoms with Crippen LogP contribution in [0.15, 0.2) is 35.0 Å². The molecule has 4 rings (SSSR count). The Morgan fingerprint density at radius 3 is 2.30 bits per heavy atom. The second-order valence-corrected chi connectivity index (χ2v) is 5.51. The van der Waals surface area contributed by atoms with E-state index in [-0.39, 0.29) is 34.2 Å². The van der Waals surface area contributed by atoms with Gasteiger partial charge in [0.15, 0.2) is 5.78 Å². The van der Waals surface area contributed by atoms with E-state index >= 15 is 0 Å². The summed E-state index contributed by atoms with van der Waals surface area (Å²) in [5.74, 6) is 0.752. The number of benzene rings is 1. The summed E-state index contributed by atoms with van der Waals surface area (Å²) in [5, 5.41) is 10.7. The fraction of sp³-hybridized carbons (Fsp3) is 0.0455. The van der Waals surface area contributed by atoms with E-state index in [0.29, 0.717) is 16.7 Å². The molecule has 1 aromatic carbocycles. The van der Waals surface area contributed by atoms with Crippen molar-refractivity contribution >= 4 is 16.8 Å². The summed E-state index contributed by atoms with van der Waals surface area (Å²) in [6, 6.07) is 3.12. The molecule has 2 fully saturated rings. The Balaban J connectivity index is 0.000000379. The van der Waals surface area contributed by atoms with Crippen LogP contribution < -0.4 is 4.74 Å². The third-order valence-corrected chi connectivity index (χ3v) is 3.81. The Labute approximate surface area is 171 Å². The number of ether oxygens (including phenoxy) is 1. The van der Waals surface area contributed by atoms with Crippen LogP contribution in [0.1, 0.15) is 10.4 Å². The Kier molecular flexibility index (Phi) is 8.46. The van der Waals surface area contributed by atoms with E-state index in [4.69, 9.17) is 9.15 Å². The molecule has 0 unspecified atom stereocenters. The van der Waals surface area contributed by atoms with Crippen molar-refractivity contribution in [1.82, 2.24) is 0 Å². The summed E-state index contributed by atoms with van der Waals surface area (Å²) in [6.07, 6.45) is 22.2. The van der Waals surface area contributed by atoms with Crippen LogP contribution in [0.5, 0.6) is 11.5 Å². The van der Waals surface area contributed by atoms with Gasteiger partial charge in [-0.15, -0.1) is 0 Å². The maximum atomic E-state index is 12.3. The molecule has 10 radical (unpaired) electrons. The van der Waals surface area contributed by atoms with Crippen molar-refractivity contribution in [1.29, 1.82) is 0 Å². The molecule has 0 amide bonds. The molecule has 2 aliphatic rings. The first kappa shape index (κ1) is 21.6. The van der Waals surface area contributed by atoms with Gasteiger partial charge in [0.25, 0.3) is 0 Å². The molecule has 1 N–H and O–H groups in total. The number of hydrogen-bond acceptors (Lipinski definition) is 4. The van der Waals surface area contributed by atoms with E-state index < -0.39 is 0 Å². The Morgan fingerprint density at radius 2 is 1.70 bits per heavy atom. The molecule has 1 aromatic heterocycles. The van der Waals surface area contributed by atoms with Gasteiger partial charge in [0, 0.05) is 12.0 Å². The summed E-state index contributed by atoms with van der Waals surface area (Å²) in [6.45, 7) is 0. The van der Waals surface area contributed by atoms with Crippen LogP contribution in [-0.2, 0) is 17.1 Å². The number of furan rings is 1. The predicted octanol–water partition coefficient (Wildman–Crippen LogP) is 4.31. The van der Waals surface area contributed by atoms with E-state index in [0.717, 1.165) is 5.92 Å². The summed E-state index contributed by atoms with van der Waals surface area (Å²) in [7, 11) is 1.46. The van der Waals surface area contributed by atoms with E-state index in [1.54, 1.807) is 12.1 Å². The quantitative estimate of drug-likeness (QED) is 0.471. The normalized spacial score (nSPS) is 16.9. The molecule has 0 atom stereocenters. The zero-order chi connectivity index (χ0) is 18.4. The van der Waals surface area contributed by atoms with Crippen LogP contribution in [-0.4, -0.2) is 18.0 Å². The van der Waals surface area contributed by atoms with Gasteiger partial charge in [-0.05, 0) is 69.9 Å². The number of carbonyl (C=O) groups is 1. The van der Waals surface area contributed by atoms with Gasteiger partial charge in [-0.2, -0.15) is 0 Å². The van der Waals surface area contributed by atoms with Crippen molar-refractivity contribution < 1.29 is 36.1 Å². The number of phenolic OH excluding ortho intramolecular Hbond substituents is 1. The van der Waals surface area contributed by atoms with Crippen LogP contribution >= 0.6 is 0 Å². The van der Waals surface area contributed by atoms with Gasteiger partial charge < -0.3 is 14.3 Å². The van der Waals surface area contributed by atoms with Crippen LogP contribution in [0.4, 0.5) is 0 Å². The average Bonchev–Trinajstić information content (AvgIpc) is 3.42. The number of methoxy groups -OCH3 is 1. The predicted molar refractivity (Wildman–Crippen MR) is 99.8 cm³/mol. The molecule has 2 saturated carbocycles. The largest absolute Gasteiger partial charge is 2.00 e. The molecule has 0 spiro atoms. The SMILES string of the molecule is COc1c(C(=O)/C=C/[C]2[CH][CH][CH][CH]2)c(O)cc2occc12.[CH]1[CH][CH][CH][CH]1.[Fe+2]. The minimum atomic E-state index is -0.325. The molecular formula is C22H18FeO4+2. The molecule has 2 aliphatic carbocycles. The molecule has 0 saturated heterocycles. The van der Waals surface area contributed by atoms with E-state index in [2.05, 4.69) is 0 Å². The van der Waals surface area contributed by atoms with Gasteiger partial charge in [0.2, 0.25) is 0 Å². The zero-order valence-corrected chi connectivity index (χ0v) is 15.7. The van der Waals surface area contributed by atoms with Crippen molar-refractivity contribution in [2.45, 2.75) is 0 Å². The third-order valence-electron chi connectivity index (χ3n) is 3.81. The molecule has 0 aliphatic heterocycles. The number of aromatic hydroxyl groups is 1. The molecular weight excluding hydrogens is 384 g/mol. The number of rotatable bonds is 4. The van der Waals surface area contributed by atoms with Gasteiger partial charge in [0.1, 0.15) is 22.6 Å². The van der Waals surface area contributed by atoms with Gasteiger partial charge in [0.05, 0.1) is 18.8 Å². The number of hydrogen-bond donors (Lipinski definition) is 1. The Morgan fingerprint density at radius 1 is 1.07 bits per heavy atom. The summed E-state index contributed by atoms with van der Waals surface area (Å²) >= 11 is 0. The number of allylic oxidation sites excluding steroid dienone is 2. The van der Waals surface area contributed by atoms with Crippen molar-refractivity contribution in [2.75, 3.05) is 7.11 Å². The van der Waals surface area contributed by atoms with Gasteiger partial charge in [-0.3, -0.25) is 4.79 Å². The summed E-state index contributed by atoms with van der Waals surface area (Å²) < 4.78 is 10.5. The molecule has 136 valence electrons. The van der Waals surface area contributed by atoms with E-state index in [1.165, 1.54) is 25.5 Å². The molecule has 1 heterocycles. The van der Waals surface area contributed by atoms with Crippen molar-refractivity contribution in [3.05, 3.63) is 99.8 Å². The minimum absolute atomic E-state index is 0. The molecule has 4 nitrogen and oxygen atoms in total. The molecule has 5 heteroatoms. The summed E-state index contributed by atoms with van der Waals surface area (Å²) in [5.41, 5.74) is 0.607. The van der Waals surface area contributed by atoms with Gasteiger partial charge in [-0.1, -0.05) is 6.08 Å². The zero-order valence-electron chi connectivity index (χ0n) is 14.6. The van der Waals surface area contributed by atoms with E-state index in [1.807, 2.05) is 57.8 Å². The van der Waals surface area contributed by atoms with Crippen molar-refractivity contribution in [3.8, 4) is 11.5 Å². The fourth-order valence-electron chi connectivity index (χ4n) is 2.59. The fourth-order valence-corrected chi connectivity index (χ4v) is 2.59. The topological polar surface area (TPSA) is 59.7 Å². The molecule has 2 aromatic rings. The molecule has 27 heavy (non-hydrogen) atoms. The molecule has 0 bridgehead atoms. The second kappa shape index (κ2) is 10.6. The van der Waals surface area contributed by atoms with Crippen LogP contribution in [0.2, 0.25) is 0 Å². The number of carbonyl (C=O) groups excluding carboxylic acids is 1. The maximum absolute atomic E-state index is 12.3. The smallest absolute Gasteiger partial charge is 0.507 e. The first-order valence-corrected chi connectivity index (χ1v) is 8.08. The summed E-state index contributed by atoms with van der Waals surface area (Å²) in [4.78, 5) is 12.3.